The molecule has 3 heteroatoms. The molecule has 0 aromatic heterocycles. The van der Waals surface area contributed by atoms with E-state index in [9.17, 15) is 0 Å². The Morgan fingerprint density at radius 1 is 1.41 bits per heavy atom. The van der Waals surface area contributed by atoms with Gasteiger partial charge in [0.1, 0.15) is 0 Å². The third kappa shape index (κ3) is 2.63. The zero-order valence-electron chi connectivity index (χ0n) is 10.4. The molecule has 1 aromatic rings. The Labute approximate surface area is 117 Å². The molecule has 1 aliphatic heterocycles. The minimum absolute atomic E-state index is 0.575. The molecular weight excluding hydrogens is 298 g/mol. The molecule has 1 aliphatic rings. The largest absolute Gasteiger partial charge is 0.365 e. The van der Waals surface area contributed by atoms with E-state index < -0.39 is 0 Å². The van der Waals surface area contributed by atoms with Gasteiger partial charge in [-0.15, -0.1) is 11.6 Å². The van der Waals surface area contributed by atoms with E-state index in [2.05, 4.69) is 52.9 Å². The van der Waals surface area contributed by atoms with Crippen molar-refractivity contribution in [3.8, 4) is 0 Å². The van der Waals surface area contributed by atoms with E-state index in [0.29, 0.717) is 18.0 Å². The third-order valence-electron chi connectivity index (χ3n) is 3.70. The average molecular weight is 317 g/mol. The average Bonchev–Trinajstić information content (AvgIpc) is 2.70. The van der Waals surface area contributed by atoms with Crippen LogP contribution in [0.5, 0.6) is 0 Å². The quantitative estimate of drug-likeness (QED) is 0.713. The van der Waals surface area contributed by atoms with Gasteiger partial charge in [-0.05, 0) is 59.8 Å². The molecule has 0 amide bonds. The Hall–Kier alpha value is -0.210. The predicted octanol–water partition coefficient (Wildman–Crippen LogP) is 4.96. The molecule has 2 rings (SSSR count). The first-order valence-electron chi connectivity index (χ1n) is 6.30. The van der Waals surface area contributed by atoms with Gasteiger partial charge in [-0.2, -0.15) is 0 Å². The van der Waals surface area contributed by atoms with E-state index in [4.69, 9.17) is 11.6 Å². The van der Waals surface area contributed by atoms with Crippen LogP contribution in [-0.2, 0) is 5.88 Å². The van der Waals surface area contributed by atoms with Gasteiger partial charge in [0.2, 0.25) is 0 Å². The summed E-state index contributed by atoms with van der Waals surface area (Å²) in [5.41, 5.74) is 2.48. The second-order valence-electron chi connectivity index (χ2n) is 4.82. The van der Waals surface area contributed by atoms with Crippen molar-refractivity contribution in [2.24, 2.45) is 0 Å². The summed E-state index contributed by atoms with van der Waals surface area (Å²) in [5, 5.41) is 0. The highest BCUT2D eigenvalue weighted by molar-refractivity contribution is 9.10. The standard InChI is InChI=1S/C14H19BrClN/c1-3-12-6-4-10(2)17(12)14-7-5-11(9-16)8-13(14)15/h5,7-8,10,12H,3-4,6,9H2,1-2H3. The summed E-state index contributed by atoms with van der Waals surface area (Å²) in [6.45, 7) is 4.59. The second-order valence-corrected chi connectivity index (χ2v) is 5.94. The maximum absolute atomic E-state index is 5.86. The molecule has 1 aromatic carbocycles. The number of nitrogens with zero attached hydrogens (tertiary/aromatic N) is 1. The van der Waals surface area contributed by atoms with E-state index >= 15 is 0 Å². The number of hydrogen-bond donors (Lipinski definition) is 0. The SMILES string of the molecule is CCC1CCC(C)N1c1ccc(CCl)cc1Br. The molecule has 0 aliphatic carbocycles. The van der Waals surface area contributed by atoms with Gasteiger partial charge in [-0.1, -0.05) is 13.0 Å². The molecular formula is C14H19BrClN. The van der Waals surface area contributed by atoms with Gasteiger partial charge < -0.3 is 4.90 Å². The van der Waals surface area contributed by atoms with Gasteiger partial charge >= 0.3 is 0 Å². The van der Waals surface area contributed by atoms with E-state index in [1.165, 1.54) is 35.0 Å². The zero-order chi connectivity index (χ0) is 12.4. The maximum atomic E-state index is 5.86. The van der Waals surface area contributed by atoms with Crippen molar-refractivity contribution in [2.45, 2.75) is 51.1 Å². The first kappa shape index (κ1) is 13.2. The van der Waals surface area contributed by atoms with Crippen molar-refractivity contribution in [2.75, 3.05) is 4.90 Å². The lowest BCUT2D eigenvalue weighted by atomic mass is 10.1. The van der Waals surface area contributed by atoms with Crippen LogP contribution in [0.1, 0.15) is 38.7 Å². The fraction of sp³-hybridized carbons (Fsp3) is 0.571. The van der Waals surface area contributed by atoms with Crippen molar-refractivity contribution in [3.05, 3.63) is 28.2 Å². The van der Waals surface area contributed by atoms with Crippen LogP contribution in [0.3, 0.4) is 0 Å². The monoisotopic (exact) mass is 315 g/mol. The van der Waals surface area contributed by atoms with Crippen molar-refractivity contribution in [1.82, 2.24) is 0 Å². The molecule has 94 valence electrons. The van der Waals surface area contributed by atoms with Gasteiger partial charge in [0, 0.05) is 22.4 Å². The van der Waals surface area contributed by atoms with Gasteiger partial charge in [0.15, 0.2) is 0 Å². The Bertz CT molecular complexity index is 394. The smallest absolute Gasteiger partial charge is 0.0515 e. The summed E-state index contributed by atoms with van der Waals surface area (Å²) >= 11 is 9.54. The summed E-state index contributed by atoms with van der Waals surface area (Å²) < 4.78 is 1.17. The van der Waals surface area contributed by atoms with Crippen molar-refractivity contribution >= 4 is 33.2 Å². The van der Waals surface area contributed by atoms with E-state index in [0.717, 1.165) is 0 Å². The zero-order valence-corrected chi connectivity index (χ0v) is 12.8. The van der Waals surface area contributed by atoms with Gasteiger partial charge in [0.25, 0.3) is 0 Å². The highest BCUT2D eigenvalue weighted by Gasteiger charge is 2.30. The fourth-order valence-electron chi connectivity index (χ4n) is 2.75. The molecule has 0 N–H and O–H groups in total. The fourth-order valence-corrected chi connectivity index (χ4v) is 3.55. The van der Waals surface area contributed by atoms with Gasteiger partial charge in [-0.25, -0.2) is 0 Å². The van der Waals surface area contributed by atoms with Crippen LogP contribution in [0.4, 0.5) is 5.69 Å². The molecule has 2 unspecified atom stereocenters. The lowest BCUT2D eigenvalue weighted by Gasteiger charge is -2.31. The van der Waals surface area contributed by atoms with Crippen LogP contribution in [-0.4, -0.2) is 12.1 Å². The number of anilines is 1. The summed E-state index contributed by atoms with van der Waals surface area (Å²) in [5.74, 6) is 0.575. The van der Waals surface area contributed by atoms with E-state index in [1.54, 1.807) is 0 Å². The Morgan fingerprint density at radius 3 is 2.76 bits per heavy atom. The van der Waals surface area contributed by atoms with Crippen molar-refractivity contribution < 1.29 is 0 Å². The number of rotatable bonds is 3. The summed E-state index contributed by atoms with van der Waals surface area (Å²) in [6.07, 6.45) is 3.82. The molecule has 0 bridgehead atoms. The molecule has 1 saturated heterocycles. The summed E-state index contributed by atoms with van der Waals surface area (Å²) in [6, 6.07) is 7.79. The lowest BCUT2D eigenvalue weighted by molar-refractivity contribution is 0.627. The highest BCUT2D eigenvalue weighted by atomic mass is 79.9. The van der Waals surface area contributed by atoms with Crippen molar-refractivity contribution in [3.63, 3.8) is 0 Å². The van der Waals surface area contributed by atoms with Gasteiger partial charge in [-0.3, -0.25) is 0 Å². The topological polar surface area (TPSA) is 3.24 Å². The summed E-state index contributed by atoms with van der Waals surface area (Å²) in [4.78, 5) is 2.56. The highest BCUT2D eigenvalue weighted by Crippen LogP contribution is 2.37. The van der Waals surface area contributed by atoms with Crippen LogP contribution in [0.2, 0.25) is 0 Å². The van der Waals surface area contributed by atoms with Crippen LogP contribution >= 0.6 is 27.5 Å². The minimum Gasteiger partial charge on any atom is -0.365 e. The number of alkyl halides is 1. The second kappa shape index (κ2) is 5.62. The Balaban J connectivity index is 2.32. The first-order chi connectivity index (χ1) is 8.17. The lowest BCUT2D eigenvalue weighted by Crippen LogP contribution is -2.34. The maximum Gasteiger partial charge on any atom is 0.0515 e. The summed E-state index contributed by atoms with van der Waals surface area (Å²) in [7, 11) is 0. The number of hydrogen-bond acceptors (Lipinski definition) is 1. The molecule has 0 radical (unpaired) electrons. The van der Waals surface area contributed by atoms with Crippen molar-refractivity contribution in [1.29, 1.82) is 0 Å². The molecule has 0 saturated carbocycles. The van der Waals surface area contributed by atoms with Crippen LogP contribution in [0, 0.1) is 0 Å². The van der Waals surface area contributed by atoms with Gasteiger partial charge in [0.05, 0.1) is 5.69 Å². The van der Waals surface area contributed by atoms with E-state index in [1.807, 2.05) is 0 Å². The first-order valence-corrected chi connectivity index (χ1v) is 7.62. The van der Waals surface area contributed by atoms with Crippen LogP contribution in [0.15, 0.2) is 22.7 Å². The molecule has 17 heavy (non-hydrogen) atoms. The van der Waals surface area contributed by atoms with Crippen LogP contribution < -0.4 is 4.90 Å². The normalized spacial score (nSPS) is 24.4. The van der Waals surface area contributed by atoms with E-state index in [-0.39, 0.29) is 0 Å². The molecule has 1 nitrogen and oxygen atoms in total. The molecule has 1 fully saturated rings. The minimum atomic E-state index is 0.575. The van der Waals surface area contributed by atoms with Crippen LogP contribution in [0.25, 0.3) is 0 Å². The molecule has 0 spiro atoms. The Morgan fingerprint density at radius 2 is 2.18 bits per heavy atom. The molecule has 1 heterocycles. The Kier molecular flexibility index (Phi) is 4.37. The number of benzene rings is 1. The number of halogens is 2. The molecule has 2 atom stereocenters. The third-order valence-corrected chi connectivity index (χ3v) is 4.65. The predicted molar refractivity (Wildman–Crippen MR) is 79.0 cm³/mol.